The summed E-state index contributed by atoms with van der Waals surface area (Å²) in [5.74, 6) is -10.8. The highest BCUT2D eigenvalue weighted by Crippen LogP contribution is 2.14. The van der Waals surface area contributed by atoms with Crippen LogP contribution in [0.3, 0.4) is 0 Å². The molecule has 0 aliphatic rings. The van der Waals surface area contributed by atoms with Gasteiger partial charge in [0.25, 0.3) is 0 Å². The van der Waals surface area contributed by atoms with Crippen LogP contribution in [0.4, 0.5) is 0 Å². The van der Waals surface area contributed by atoms with Gasteiger partial charge in [0, 0.05) is 19.3 Å². The zero-order valence-corrected chi connectivity index (χ0v) is 45.7. The van der Waals surface area contributed by atoms with E-state index in [0.717, 1.165) is 6.92 Å². The molecule has 11 atom stereocenters. The Morgan fingerprint density at radius 1 is 0.463 bits per heavy atom. The Balaban J connectivity index is 1.88. The first-order chi connectivity index (χ1) is 37.9. The number of phenols is 1. The van der Waals surface area contributed by atoms with Gasteiger partial charge in [-0.05, 0) is 67.0 Å². The summed E-state index contributed by atoms with van der Waals surface area (Å²) >= 11 is 1.32. The Labute approximate surface area is 466 Å². The van der Waals surface area contributed by atoms with Gasteiger partial charge in [-0.2, -0.15) is 11.8 Å². The lowest BCUT2D eigenvalue weighted by atomic mass is 9.99. The normalized spacial score (nSPS) is 15.2. The van der Waals surface area contributed by atoms with E-state index in [2.05, 4.69) is 47.9 Å². The molecule has 0 saturated carbocycles. The van der Waals surface area contributed by atoms with Crippen molar-refractivity contribution < 1.29 is 78.6 Å². The van der Waals surface area contributed by atoms with Crippen molar-refractivity contribution in [2.24, 2.45) is 11.7 Å². The fraction of sp³-hybridized carbons (Fsp3) is 0.472. The Bertz CT molecular complexity index is 2550. The average molecular weight is 1140 g/mol. The number of thioether (sulfide) groups is 1. The third kappa shape index (κ3) is 21.9. The van der Waals surface area contributed by atoms with Gasteiger partial charge in [0.1, 0.15) is 60.1 Å². The summed E-state index contributed by atoms with van der Waals surface area (Å²) in [7, 11) is 0. The minimum atomic E-state index is -1.90. The summed E-state index contributed by atoms with van der Waals surface area (Å²) in [4.78, 5) is 135. The number of benzene rings is 3. The average Bonchev–Trinajstić information content (AvgIpc) is 3.45. The molecule has 3 rings (SSSR count). The van der Waals surface area contributed by atoms with E-state index in [0.29, 0.717) is 22.4 Å². The van der Waals surface area contributed by atoms with E-state index in [1.807, 2.05) is 0 Å². The predicted octanol–water partition coefficient (Wildman–Crippen LogP) is -4.02. The lowest BCUT2D eigenvalue weighted by Gasteiger charge is -2.29. The summed E-state index contributed by atoms with van der Waals surface area (Å²) in [6.07, 6.45) is -2.11. The summed E-state index contributed by atoms with van der Waals surface area (Å²) < 4.78 is 0. The van der Waals surface area contributed by atoms with Crippen LogP contribution in [0.15, 0.2) is 84.9 Å². The molecule has 0 unspecified atom stereocenters. The zero-order valence-electron chi connectivity index (χ0n) is 44.9. The van der Waals surface area contributed by atoms with Crippen molar-refractivity contribution in [3.05, 3.63) is 102 Å². The number of carbonyl (C=O) groups is 10. The maximum Gasteiger partial charge on any atom is 0.328 e. The molecule has 0 aromatic heterocycles. The van der Waals surface area contributed by atoms with E-state index in [1.165, 1.54) is 43.0 Å². The fourth-order valence-corrected chi connectivity index (χ4v) is 8.24. The number of aliphatic carboxylic acids is 1. The van der Waals surface area contributed by atoms with Gasteiger partial charge in [0.15, 0.2) is 0 Å². The molecule has 438 valence electrons. The lowest BCUT2D eigenvalue weighted by molar-refractivity contribution is -0.143. The maximum atomic E-state index is 14.2. The van der Waals surface area contributed by atoms with Gasteiger partial charge >= 0.3 is 5.97 Å². The van der Waals surface area contributed by atoms with Gasteiger partial charge < -0.3 is 84.2 Å². The van der Waals surface area contributed by atoms with E-state index >= 15 is 0 Å². The summed E-state index contributed by atoms with van der Waals surface area (Å²) in [5, 5.41) is 82.6. The van der Waals surface area contributed by atoms with Crippen molar-refractivity contribution in [3.63, 3.8) is 0 Å². The molecule has 0 radical (unpaired) electrons. The van der Waals surface area contributed by atoms with Crippen molar-refractivity contribution in [2.75, 3.05) is 31.8 Å². The molecule has 0 spiro atoms. The van der Waals surface area contributed by atoms with Crippen LogP contribution in [0.25, 0.3) is 0 Å². The molecule has 0 fully saturated rings. The Morgan fingerprint density at radius 3 is 1.21 bits per heavy atom. The van der Waals surface area contributed by atoms with Crippen molar-refractivity contribution in [2.45, 2.75) is 120 Å². The van der Waals surface area contributed by atoms with Gasteiger partial charge in [-0.15, -0.1) is 0 Å². The van der Waals surface area contributed by atoms with Gasteiger partial charge in [-0.25, -0.2) is 4.79 Å². The molecule has 0 heterocycles. The standard InChI is InChI=1S/C53H74N10O16S/c1-28(2)42(50(75)56-35(20-21-80-5)45(70)60-40(27-65)53(78)79)61-48(73)38(24-33-16-18-34(68)19-17-33)58-52(77)44(30(4)67)63-49(74)39(26-64)59-46(71)37(23-32-14-10-7-11-15-32)57-51(76)43(29(3)66)62-47(72)36(55-41(69)25-54)22-31-12-8-6-9-13-31/h6-19,28-30,35-40,42-44,64-68H,20-27,54H2,1-5H3,(H,55,69)(H,56,75)(H,57,76)(H,58,77)(H,59,71)(H,60,70)(H,61,73)(H,62,72)(H,63,74)(H,78,79)/t29-,30-,35+,36+,37+,38+,39+,40+,42+,43+,44+/m1/s1. The van der Waals surface area contributed by atoms with Gasteiger partial charge in [-0.1, -0.05) is 86.6 Å². The topological polar surface area (TPSA) is 426 Å². The second kappa shape index (κ2) is 33.7. The molecule has 80 heavy (non-hydrogen) atoms. The van der Waals surface area contributed by atoms with Crippen LogP contribution in [-0.2, 0) is 67.2 Å². The quantitative estimate of drug-likeness (QED) is 0.0276. The SMILES string of the molecule is CSCC[C@H](NC(=O)[C@@H](NC(=O)[C@H](Cc1ccc(O)cc1)NC(=O)[C@@H](NC(=O)[C@H](CO)NC(=O)[C@H](Cc1ccccc1)NC(=O)[C@@H](NC(=O)[C@H](Cc1ccccc1)NC(=O)CN)[C@@H](C)O)[C@@H](C)O)C(C)C)C(=O)N[C@@H](CO)C(=O)O. The van der Waals surface area contributed by atoms with Gasteiger partial charge in [0.05, 0.1) is 32.0 Å². The van der Waals surface area contributed by atoms with Crippen molar-refractivity contribution in [1.29, 1.82) is 0 Å². The molecule has 9 amide bonds. The van der Waals surface area contributed by atoms with Crippen LogP contribution in [0.2, 0.25) is 0 Å². The third-order valence-electron chi connectivity index (χ3n) is 12.3. The second-order valence-electron chi connectivity index (χ2n) is 19.0. The number of hydrogen-bond acceptors (Lipinski definition) is 17. The molecule has 0 bridgehead atoms. The number of rotatable bonds is 33. The fourth-order valence-electron chi connectivity index (χ4n) is 7.77. The molecule has 3 aromatic carbocycles. The van der Waals surface area contributed by atoms with Crippen LogP contribution in [0.5, 0.6) is 5.75 Å². The number of amides is 9. The number of phenolic OH excluding ortho intramolecular Hbond substituents is 1. The lowest BCUT2D eigenvalue weighted by Crippen LogP contribution is -2.63. The number of carbonyl (C=O) groups excluding carboxylic acids is 9. The number of aliphatic hydroxyl groups excluding tert-OH is 4. The van der Waals surface area contributed by atoms with Crippen LogP contribution in [0, 0.1) is 5.92 Å². The number of carboxylic acids is 1. The molecule has 27 heteroatoms. The first-order valence-electron chi connectivity index (χ1n) is 25.5. The van der Waals surface area contributed by atoms with Gasteiger partial charge in [-0.3, -0.25) is 43.2 Å². The number of nitrogens with one attached hydrogen (secondary N) is 9. The first-order valence-corrected chi connectivity index (χ1v) is 26.9. The predicted molar refractivity (Wildman–Crippen MR) is 292 cm³/mol. The van der Waals surface area contributed by atoms with Crippen LogP contribution >= 0.6 is 11.8 Å². The summed E-state index contributed by atoms with van der Waals surface area (Å²) in [5.41, 5.74) is 7.00. The van der Waals surface area contributed by atoms with E-state index < -0.39 is 151 Å². The monoisotopic (exact) mass is 1140 g/mol. The van der Waals surface area contributed by atoms with Crippen molar-refractivity contribution in [1.82, 2.24) is 47.9 Å². The summed E-state index contributed by atoms with van der Waals surface area (Å²) in [6, 6.07) is 8.01. The highest BCUT2D eigenvalue weighted by Gasteiger charge is 2.38. The zero-order chi connectivity index (χ0) is 59.6. The van der Waals surface area contributed by atoms with Crippen LogP contribution in [-0.4, -0.2) is 188 Å². The Kier molecular flexibility index (Phi) is 28.0. The molecular formula is C53H74N10O16S. The number of hydrogen-bond donors (Lipinski definition) is 16. The number of aliphatic hydroxyl groups is 4. The van der Waals surface area contributed by atoms with E-state index in [4.69, 9.17) is 5.73 Å². The number of aromatic hydroxyl groups is 1. The van der Waals surface area contributed by atoms with Crippen LogP contribution in [0.1, 0.15) is 50.8 Å². The minimum Gasteiger partial charge on any atom is -0.508 e. The van der Waals surface area contributed by atoms with E-state index in [-0.39, 0.29) is 31.4 Å². The number of carboxylic acid groups (broad SMARTS) is 1. The van der Waals surface area contributed by atoms with Crippen molar-refractivity contribution >= 4 is 70.9 Å². The molecule has 26 nitrogen and oxygen atoms in total. The molecule has 0 aliphatic heterocycles. The molecular weight excluding hydrogens is 1060 g/mol. The number of nitrogens with two attached hydrogens (primary N) is 1. The Hall–Kier alpha value is -7.69. The summed E-state index contributed by atoms with van der Waals surface area (Å²) in [6.45, 7) is 2.95. The largest absolute Gasteiger partial charge is 0.508 e. The van der Waals surface area contributed by atoms with Crippen LogP contribution < -0.4 is 53.6 Å². The molecule has 0 aliphatic carbocycles. The van der Waals surface area contributed by atoms with E-state index in [9.17, 15) is 78.6 Å². The molecule has 17 N–H and O–H groups in total. The smallest absolute Gasteiger partial charge is 0.328 e. The first kappa shape index (κ1) is 66.6. The maximum absolute atomic E-state index is 14.2. The molecule has 0 saturated heterocycles. The van der Waals surface area contributed by atoms with Gasteiger partial charge in [0.2, 0.25) is 53.2 Å². The highest BCUT2D eigenvalue weighted by molar-refractivity contribution is 7.98. The van der Waals surface area contributed by atoms with E-state index in [1.54, 1.807) is 80.8 Å². The van der Waals surface area contributed by atoms with Crippen molar-refractivity contribution in [3.8, 4) is 5.75 Å². The molecule has 3 aromatic rings. The second-order valence-corrected chi connectivity index (χ2v) is 20.0. The minimum absolute atomic E-state index is 0.0229. The Morgan fingerprint density at radius 2 is 0.812 bits per heavy atom. The highest BCUT2D eigenvalue weighted by atomic mass is 32.2. The third-order valence-corrected chi connectivity index (χ3v) is 12.9.